The Hall–Kier alpha value is -2.03. The average molecular weight is 382 g/mol. The Labute approximate surface area is 157 Å². The van der Waals surface area contributed by atoms with E-state index >= 15 is 0 Å². The fourth-order valence-corrected chi connectivity index (χ4v) is 4.27. The van der Waals surface area contributed by atoms with Crippen LogP contribution in [0.5, 0.6) is 0 Å². The first-order valence-corrected chi connectivity index (χ1v) is 8.74. The third-order valence-electron chi connectivity index (χ3n) is 5.82. The molecule has 0 heterocycles. The standard InChI is InChI=1S/C19H26O8/c1-9(8-20)17(24)27-12-7-19(3)13(22)6-5-11(21)15(19)16(23)14(12)10(2)18(25)26-4/h12-16,20,22-23H,1-2,5-8H2,3-4H3/t12-,13+,14+,15+,16-,19-/m0/s1. The smallest absolute Gasteiger partial charge is 0.336 e. The number of hydrogen-bond donors (Lipinski definition) is 3. The predicted octanol–water partition coefficient (Wildman–Crippen LogP) is -0.0970. The second-order valence-electron chi connectivity index (χ2n) is 7.45. The van der Waals surface area contributed by atoms with E-state index in [9.17, 15) is 24.6 Å². The van der Waals surface area contributed by atoms with Crippen LogP contribution in [0.15, 0.2) is 24.3 Å². The number of fused-ring (bicyclic) bond motifs is 1. The van der Waals surface area contributed by atoms with Crippen LogP contribution in [0, 0.1) is 17.3 Å². The fourth-order valence-electron chi connectivity index (χ4n) is 4.27. The predicted molar refractivity (Wildman–Crippen MR) is 93.2 cm³/mol. The Morgan fingerprint density at radius 2 is 1.89 bits per heavy atom. The number of rotatable bonds is 5. The van der Waals surface area contributed by atoms with E-state index in [1.165, 1.54) is 0 Å². The Morgan fingerprint density at radius 1 is 1.26 bits per heavy atom. The van der Waals surface area contributed by atoms with Crippen LogP contribution in [0.2, 0.25) is 0 Å². The number of Topliss-reactive ketones (excluding diaryl/α,β-unsaturated/α-hetero) is 1. The molecule has 0 aliphatic heterocycles. The normalized spacial score (nSPS) is 35.7. The van der Waals surface area contributed by atoms with Crippen LogP contribution in [-0.2, 0) is 23.9 Å². The summed E-state index contributed by atoms with van der Waals surface area (Å²) in [5.41, 5.74) is -1.36. The molecule has 2 aliphatic carbocycles. The molecule has 0 aromatic heterocycles. The molecule has 2 saturated carbocycles. The van der Waals surface area contributed by atoms with E-state index in [2.05, 4.69) is 17.9 Å². The highest BCUT2D eigenvalue weighted by Gasteiger charge is 2.60. The van der Waals surface area contributed by atoms with Crippen LogP contribution < -0.4 is 0 Å². The maximum atomic E-state index is 12.5. The van der Waals surface area contributed by atoms with Crippen molar-refractivity contribution in [3.63, 3.8) is 0 Å². The highest BCUT2D eigenvalue weighted by atomic mass is 16.5. The lowest BCUT2D eigenvalue weighted by Crippen LogP contribution is -2.62. The third-order valence-corrected chi connectivity index (χ3v) is 5.82. The van der Waals surface area contributed by atoms with E-state index in [-0.39, 0.29) is 36.2 Å². The summed E-state index contributed by atoms with van der Waals surface area (Å²) in [4.78, 5) is 36.6. The van der Waals surface area contributed by atoms with Crippen molar-refractivity contribution in [2.75, 3.05) is 13.7 Å². The maximum Gasteiger partial charge on any atom is 0.336 e. The minimum Gasteiger partial charge on any atom is -0.466 e. The number of hydrogen-bond acceptors (Lipinski definition) is 8. The molecule has 0 bridgehead atoms. The van der Waals surface area contributed by atoms with Crippen molar-refractivity contribution in [3.05, 3.63) is 24.3 Å². The summed E-state index contributed by atoms with van der Waals surface area (Å²) >= 11 is 0. The van der Waals surface area contributed by atoms with E-state index in [0.717, 1.165) is 7.11 Å². The van der Waals surface area contributed by atoms with Gasteiger partial charge in [0.15, 0.2) is 0 Å². The lowest BCUT2D eigenvalue weighted by Gasteiger charge is -2.54. The van der Waals surface area contributed by atoms with E-state index < -0.39 is 54.1 Å². The molecule has 3 N–H and O–H groups in total. The Kier molecular flexibility index (Phi) is 6.24. The molecule has 0 spiro atoms. The summed E-state index contributed by atoms with van der Waals surface area (Å²) in [5, 5.41) is 30.5. The summed E-state index contributed by atoms with van der Waals surface area (Å²) in [6.45, 7) is 8.10. The zero-order chi connectivity index (χ0) is 20.5. The zero-order valence-corrected chi connectivity index (χ0v) is 15.5. The Bertz CT molecular complexity index is 669. The molecular formula is C19H26O8. The van der Waals surface area contributed by atoms with Gasteiger partial charge in [0.2, 0.25) is 0 Å². The van der Waals surface area contributed by atoms with Crippen molar-refractivity contribution < 1.29 is 39.2 Å². The van der Waals surface area contributed by atoms with Crippen LogP contribution in [0.4, 0.5) is 0 Å². The number of esters is 2. The molecule has 0 aromatic rings. The number of carbonyl (C=O) groups is 3. The first-order valence-electron chi connectivity index (χ1n) is 8.74. The van der Waals surface area contributed by atoms with Gasteiger partial charge in [0, 0.05) is 17.4 Å². The van der Waals surface area contributed by atoms with Crippen LogP contribution in [0.3, 0.4) is 0 Å². The number of aliphatic hydroxyl groups excluding tert-OH is 3. The largest absolute Gasteiger partial charge is 0.466 e. The molecule has 0 aromatic carbocycles. The minimum absolute atomic E-state index is 0.0345. The molecule has 8 heteroatoms. The summed E-state index contributed by atoms with van der Waals surface area (Å²) in [6.07, 6.45) is -2.94. The SMILES string of the molecule is C=C(CO)C(=O)O[C@H]1C[C@@]2(C)[C@H](O)CCC(=O)[C@@H]2[C@@H](O)[C@@H]1C(=C)C(=O)OC. The first-order chi connectivity index (χ1) is 12.6. The fraction of sp³-hybridized carbons (Fsp3) is 0.632. The molecule has 8 nitrogen and oxygen atoms in total. The summed E-state index contributed by atoms with van der Waals surface area (Å²) in [6, 6.07) is 0. The minimum atomic E-state index is -1.39. The second kappa shape index (κ2) is 7.92. The third kappa shape index (κ3) is 3.69. The van der Waals surface area contributed by atoms with Gasteiger partial charge in [-0.1, -0.05) is 20.1 Å². The molecule has 6 atom stereocenters. The van der Waals surface area contributed by atoms with Crippen molar-refractivity contribution in [2.24, 2.45) is 17.3 Å². The van der Waals surface area contributed by atoms with E-state index in [1.54, 1.807) is 6.92 Å². The van der Waals surface area contributed by atoms with Crippen molar-refractivity contribution in [1.29, 1.82) is 0 Å². The molecule has 150 valence electrons. The number of aliphatic hydroxyl groups is 3. The summed E-state index contributed by atoms with van der Waals surface area (Å²) < 4.78 is 10.1. The molecule has 0 amide bonds. The highest BCUT2D eigenvalue weighted by Crippen LogP contribution is 2.52. The van der Waals surface area contributed by atoms with Gasteiger partial charge in [-0.2, -0.15) is 0 Å². The number of carbonyl (C=O) groups excluding carboxylic acids is 3. The molecule has 2 fully saturated rings. The van der Waals surface area contributed by atoms with Crippen LogP contribution >= 0.6 is 0 Å². The highest BCUT2D eigenvalue weighted by molar-refractivity contribution is 5.90. The molecule has 2 aliphatic rings. The molecular weight excluding hydrogens is 356 g/mol. The van der Waals surface area contributed by atoms with Gasteiger partial charge in [-0.15, -0.1) is 0 Å². The molecule has 0 radical (unpaired) electrons. The number of methoxy groups -OCH3 is 1. The molecule has 27 heavy (non-hydrogen) atoms. The summed E-state index contributed by atoms with van der Waals surface area (Å²) in [7, 11) is 1.15. The average Bonchev–Trinajstić information content (AvgIpc) is 2.62. The van der Waals surface area contributed by atoms with Crippen LogP contribution in [0.1, 0.15) is 26.2 Å². The van der Waals surface area contributed by atoms with Gasteiger partial charge in [0.1, 0.15) is 11.9 Å². The Balaban J connectivity index is 2.45. The number of ether oxygens (including phenoxy) is 2. The van der Waals surface area contributed by atoms with E-state index in [4.69, 9.17) is 9.84 Å². The van der Waals surface area contributed by atoms with Gasteiger partial charge in [0.25, 0.3) is 0 Å². The van der Waals surface area contributed by atoms with Crippen LogP contribution in [0.25, 0.3) is 0 Å². The van der Waals surface area contributed by atoms with Gasteiger partial charge >= 0.3 is 11.9 Å². The first kappa shape index (κ1) is 21.3. The molecule has 2 rings (SSSR count). The number of ketones is 1. The van der Waals surface area contributed by atoms with E-state index in [0.29, 0.717) is 0 Å². The summed E-state index contributed by atoms with van der Waals surface area (Å²) in [5.74, 6) is -3.92. The van der Waals surface area contributed by atoms with Gasteiger partial charge < -0.3 is 24.8 Å². The quantitative estimate of drug-likeness (QED) is 0.444. The lowest BCUT2D eigenvalue weighted by atomic mass is 9.53. The Morgan fingerprint density at radius 3 is 2.44 bits per heavy atom. The van der Waals surface area contributed by atoms with Crippen LogP contribution in [-0.4, -0.2) is 65.1 Å². The van der Waals surface area contributed by atoms with E-state index in [1.807, 2.05) is 0 Å². The topological polar surface area (TPSA) is 130 Å². The molecule has 0 unspecified atom stereocenters. The van der Waals surface area contributed by atoms with Crippen molar-refractivity contribution in [2.45, 2.75) is 44.5 Å². The van der Waals surface area contributed by atoms with Crippen molar-refractivity contribution in [1.82, 2.24) is 0 Å². The zero-order valence-electron chi connectivity index (χ0n) is 15.5. The lowest BCUT2D eigenvalue weighted by molar-refractivity contribution is -0.189. The van der Waals surface area contributed by atoms with Crippen molar-refractivity contribution >= 4 is 17.7 Å². The van der Waals surface area contributed by atoms with Crippen molar-refractivity contribution in [3.8, 4) is 0 Å². The second-order valence-corrected chi connectivity index (χ2v) is 7.45. The van der Waals surface area contributed by atoms with Gasteiger partial charge in [-0.3, -0.25) is 4.79 Å². The molecule has 0 saturated heterocycles. The monoisotopic (exact) mass is 382 g/mol. The van der Waals surface area contributed by atoms with Gasteiger partial charge in [-0.25, -0.2) is 9.59 Å². The van der Waals surface area contributed by atoms with Gasteiger partial charge in [0.05, 0.1) is 43.3 Å². The maximum absolute atomic E-state index is 12.5. The van der Waals surface area contributed by atoms with Gasteiger partial charge in [-0.05, 0) is 12.8 Å².